The van der Waals surface area contributed by atoms with Gasteiger partial charge in [-0.05, 0) is 49.1 Å². The topological polar surface area (TPSA) is 90.7 Å². The van der Waals surface area contributed by atoms with Crippen molar-refractivity contribution >= 4 is 23.6 Å². The average Bonchev–Trinajstić information content (AvgIpc) is 3.34. The molecule has 9 nitrogen and oxygen atoms in total. The summed E-state index contributed by atoms with van der Waals surface area (Å²) in [6.45, 7) is 2.26. The number of rotatable bonds is 10. The van der Waals surface area contributed by atoms with Gasteiger partial charge in [0.15, 0.2) is 16.7 Å². The van der Waals surface area contributed by atoms with Gasteiger partial charge in [-0.1, -0.05) is 30.0 Å². The number of ether oxygens (including phenoxy) is 3. The number of methoxy groups -OCH3 is 3. The largest absolute Gasteiger partial charge is 0.495 e. The van der Waals surface area contributed by atoms with E-state index < -0.39 is 0 Å². The Balaban J connectivity index is 1.48. The second-order valence-corrected chi connectivity index (χ2v) is 9.03. The smallest absolute Gasteiger partial charge is 0.232 e. The third-order valence-corrected chi connectivity index (χ3v) is 6.78. The lowest BCUT2D eigenvalue weighted by atomic mass is 10.1. The number of aromatic nitrogens is 3. The monoisotopic (exact) mass is 497 g/mol. The van der Waals surface area contributed by atoms with E-state index in [1.807, 2.05) is 47.0 Å². The number of para-hydroxylation sites is 2. The lowest BCUT2D eigenvalue weighted by Crippen LogP contribution is -2.31. The molecule has 186 valence electrons. The number of carbonyl (C=O) groups excluding carboxylic acids is 1. The first-order valence-corrected chi connectivity index (χ1v) is 12.6. The average molecular weight is 498 g/mol. The molecule has 2 heterocycles. The van der Waals surface area contributed by atoms with E-state index in [9.17, 15) is 4.79 Å². The highest BCUT2D eigenvalue weighted by Crippen LogP contribution is 2.33. The molecule has 1 aliphatic heterocycles. The molecule has 0 unspecified atom stereocenters. The van der Waals surface area contributed by atoms with E-state index in [1.165, 1.54) is 18.2 Å². The number of nitrogens with zero attached hydrogens (tertiary/aromatic N) is 4. The summed E-state index contributed by atoms with van der Waals surface area (Å²) in [5.74, 6) is 2.90. The van der Waals surface area contributed by atoms with Gasteiger partial charge in [-0.3, -0.25) is 9.36 Å². The van der Waals surface area contributed by atoms with Crippen LogP contribution in [0.15, 0.2) is 47.6 Å². The first-order chi connectivity index (χ1) is 17.1. The molecule has 1 N–H and O–H groups in total. The fraction of sp³-hybridized carbons (Fsp3) is 0.400. The van der Waals surface area contributed by atoms with Crippen LogP contribution in [-0.4, -0.2) is 60.8 Å². The van der Waals surface area contributed by atoms with Gasteiger partial charge >= 0.3 is 0 Å². The predicted molar refractivity (Wildman–Crippen MR) is 136 cm³/mol. The van der Waals surface area contributed by atoms with E-state index in [0.29, 0.717) is 23.2 Å². The Kier molecular flexibility index (Phi) is 8.36. The number of carbonyl (C=O) groups is 1. The molecule has 0 atom stereocenters. The maximum absolute atomic E-state index is 12.7. The van der Waals surface area contributed by atoms with Crippen LogP contribution in [0.4, 0.5) is 5.95 Å². The van der Waals surface area contributed by atoms with Crippen LogP contribution in [0.5, 0.6) is 17.2 Å². The summed E-state index contributed by atoms with van der Waals surface area (Å²) < 4.78 is 18.2. The molecule has 1 aliphatic rings. The molecule has 1 saturated heterocycles. The molecule has 35 heavy (non-hydrogen) atoms. The first kappa shape index (κ1) is 24.7. The van der Waals surface area contributed by atoms with Crippen molar-refractivity contribution in [1.29, 1.82) is 0 Å². The number of hydrogen-bond acceptors (Lipinski definition) is 8. The predicted octanol–water partition coefficient (Wildman–Crippen LogP) is 3.69. The van der Waals surface area contributed by atoms with Gasteiger partial charge < -0.3 is 24.4 Å². The van der Waals surface area contributed by atoms with Crippen molar-refractivity contribution in [2.75, 3.05) is 45.1 Å². The summed E-state index contributed by atoms with van der Waals surface area (Å²) in [5.41, 5.74) is 1.78. The van der Waals surface area contributed by atoms with E-state index in [0.717, 1.165) is 48.9 Å². The summed E-state index contributed by atoms with van der Waals surface area (Å²) in [4.78, 5) is 14.9. The van der Waals surface area contributed by atoms with Crippen molar-refractivity contribution in [1.82, 2.24) is 20.1 Å². The summed E-state index contributed by atoms with van der Waals surface area (Å²) in [6.07, 6.45) is 3.47. The number of hydrogen-bond donors (Lipinski definition) is 1. The van der Waals surface area contributed by atoms with Gasteiger partial charge in [0.1, 0.15) is 5.75 Å². The van der Waals surface area contributed by atoms with Gasteiger partial charge in [0.05, 0.1) is 32.8 Å². The van der Waals surface area contributed by atoms with Crippen LogP contribution in [0.3, 0.4) is 0 Å². The Hall–Kier alpha value is -3.40. The molecule has 2 aromatic carbocycles. The molecule has 0 saturated carbocycles. The van der Waals surface area contributed by atoms with Crippen molar-refractivity contribution in [3.63, 3.8) is 0 Å². The minimum absolute atomic E-state index is 0.0983. The van der Waals surface area contributed by atoms with Crippen LogP contribution >= 0.6 is 11.8 Å². The molecule has 0 radical (unpaired) electrons. The molecule has 10 heteroatoms. The Morgan fingerprint density at radius 1 is 0.943 bits per heavy atom. The van der Waals surface area contributed by atoms with E-state index >= 15 is 0 Å². The summed E-state index contributed by atoms with van der Waals surface area (Å²) in [7, 11) is 4.84. The number of benzene rings is 2. The standard InChI is InChI=1S/C25H31N5O4S/c1-32-20-10-6-5-9-19(20)30-24(29-13-7-4-8-14-29)27-28-25(30)35-17-23(31)26-16-18-11-12-21(33-2)22(15-18)34-3/h5-6,9-12,15H,4,7-8,13-14,16-17H2,1-3H3,(H,26,31). The fourth-order valence-corrected chi connectivity index (χ4v) is 4.82. The zero-order valence-electron chi connectivity index (χ0n) is 20.3. The minimum Gasteiger partial charge on any atom is -0.495 e. The molecular formula is C25H31N5O4S. The van der Waals surface area contributed by atoms with E-state index in [2.05, 4.69) is 20.4 Å². The number of thioether (sulfide) groups is 1. The third kappa shape index (κ3) is 5.82. The maximum atomic E-state index is 12.7. The SMILES string of the molecule is COc1ccc(CNC(=O)CSc2nnc(N3CCCCC3)n2-c2ccccc2OC)cc1OC. The van der Waals surface area contributed by atoms with Crippen LogP contribution < -0.4 is 24.4 Å². The molecule has 0 bridgehead atoms. The first-order valence-electron chi connectivity index (χ1n) is 11.6. The van der Waals surface area contributed by atoms with Gasteiger partial charge in [-0.2, -0.15) is 0 Å². The number of amides is 1. The van der Waals surface area contributed by atoms with Crippen LogP contribution in [0.25, 0.3) is 5.69 Å². The van der Waals surface area contributed by atoms with Gasteiger partial charge in [-0.15, -0.1) is 10.2 Å². The molecule has 1 amide bonds. The molecule has 1 fully saturated rings. The molecule has 1 aromatic heterocycles. The van der Waals surface area contributed by atoms with E-state index in [-0.39, 0.29) is 11.7 Å². The molecule has 4 rings (SSSR count). The Bertz CT molecular complexity index is 1150. The Morgan fingerprint density at radius 3 is 2.43 bits per heavy atom. The van der Waals surface area contributed by atoms with E-state index in [4.69, 9.17) is 14.2 Å². The normalized spacial score (nSPS) is 13.4. The Morgan fingerprint density at radius 2 is 1.69 bits per heavy atom. The number of piperidine rings is 1. The summed E-state index contributed by atoms with van der Waals surface area (Å²) in [6, 6.07) is 13.4. The summed E-state index contributed by atoms with van der Waals surface area (Å²) in [5, 5.41) is 12.6. The van der Waals surface area contributed by atoms with Gasteiger partial charge in [0, 0.05) is 19.6 Å². The van der Waals surface area contributed by atoms with Crippen LogP contribution in [0.2, 0.25) is 0 Å². The van der Waals surface area contributed by atoms with Crippen LogP contribution in [0, 0.1) is 0 Å². The van der Waals surface area contributed by atoms with Gasteiger partial charge in [0.25, 0.3) is 0 Å². The lowest BCUT2D eigenvalue weighted by molar-refractivity contribution is -0.118. The second-order valence-electron chi connectivity index (χ2n) is 8.09. The third-order valence-electron chi connectivity index (χ3n) is 5.85. The molecule has 3 aromatic rings. The highest BCUT2D eigenvalue weighted by atomic mass is 32.2. The van der Waals surface area contributed by atoms with Crippen molar-refractivity contribution in [3.8, 4) is 22.9 Å². The lowest BCUT2D eigenvalue weighted by Gasteiger charge is -2.28. The number of anilines is 1. The van der Waals surface area contributed by atoms with Crippen LogP contribution in [-0.2, 0) is 11.3 Å². The highest BCUT2D eigenvalue weighted by Gasteiger charge is 2.23. The summed E-state index contributed by atoms with van der Waals surface area (Å²) >= 11 is 1.35. The molecular weight excluding hydrogens is 466 g/mol. The highest BCUT2D eigenvalue weighted by molar-refractivity contribution is 7.99. The van der Waals surface area contributed by atoms with Crippen LogP contribution in [0.1, 0.15) is 24.8 Å². The zero-order chi connectivity index (χ0) is 24.6. The second kappa shape index (κ2) is 11.8. The van der Waals surface area contributed by atoms with Crippen molar-refractivity contribution in [2.45, 2.75) is 31.0 Å². The van der Waals surface area contributed by atoms with E-state index in [1.54, 1.807) is 21.3 Å². The number of nitrogens with one attached hydrogen (secondary N) is 1. The maximum Gasteiger partial charge on any atom is 0.232 e. The minimum atomic E-state index is -0.0983. The molecule has 0 aliphatic carbocycles. The van der Waals surface area contributed by atoms with Gasteiger partial charge in [-0.25, -0.2) is 0 Å². The quantitative estimate of drug-likeness (QED) is 0.424. The fourth-order valence-electron chi connectivity index (χ4n) is 4.05. The van der Waals surface area contributed by atoms with Gasteiger partial charge in [0.2, 0.25) is 11.9 Å². The zero-order valence-corrected chi connectivity index (χ0v) is 21.1. The van der Waals surface area contributed by atoms with Crippen molar-refractivity contribution in [2.24, 2.45) is 0 Å². The van der Waals surface area contributed by atoms with Crippen molar-refractivity contribution in [3.05, 3.63) is 48.0 Å². The van der Waals surface area contributed by atoms with Crippen molar-refractivity contribution < 1.29 is 19.0 Å². The molecule has 0 spiro atoms. The Labute approximate surface area is 209 Å².